The lowest BCUT2D eigenvalue weighted by Gasteiger charge is -2.47. The number of rotatable bonds is 3. The van der Waals surface area contributed by atoms with Crippen molar-refractivity contribution in [3.63, 3.8) is 0 Å². The van der Waals surface area contributed by atoms with Crippen molar-refractivity contribution in [1.29, 1.82) is 0 Å². The van der Waals surface area contributed by atoms with Gasteiger partial charge in [-0.3, -0.25) is 4.79 Å². The molecule has 0 spiro atoms. The molecule has 0 aromatic heterocycles. The quantitative estimate of drug-likeness (QED) is 0.863. The Morgan fingerprint density at radius 1 is 1.30 bits per heavy atom. The van der Waals surface area contributed by atoms with Crippen LogP contribution < -0.4 is 5.73 Å². The predicted octanol–water partition coefficient (Wildman–Crippen LogP) is 3.03. The van der Waals surface area contributed by atoms with E-state index in [1.807, 2.05) is 0 Å². The van der Waals surface area contributed by atoms with Crippen LogP contribution in [0.3, 0.4) is 0 Å². The van der Waals surface area contributed by atoms with Gasteiger partial charge >= 0.3 is 0 Å². The van der Waals surface area contributed by atoms with Crippen molar-refractivity contribution >= 4 is 5.91 Å². The van der Waals surface area contributed by atoms with Crippen molar-refractivity contribution in [3.8, 4) is 0 Å². The van der Waals surface area contributed by atoms with Crippen molar-refractivity contribution in [2.24, 2.45) is 28.9 Å². The minimum atomic E-state index is 0.0254. The molecule has 0 aromatic carbocycles. The Morgan fingerprint density at radius 2 is 2.00 bits per heavy atom. The van der Waals surface area contributed by atoms with E-state index < -0.39 is 0 Å². The van der Waals surface area contributed by atoms with E-state index in [1.165, 1.54) is 19.3 Å². The Bertz CT molecular complexity index is 353. The van der Waals surface area contributed by atoms with Crippen LogP contribution in [-0.2, 0) is 4.79 Å². The van der Waals surface area contributed by atoms with Crippen LogP contribution in [0, 0.1) is 23.2 Å². The first-order valence-electron chi connectivity index (χ1n) is 8.42. The Hall–Kier alpha value is -0.570. The third kappa shape index (κ3) is 2.88. The van der Waals surface area contributed by atoms with E-state index in [1.54, 1.807) is 0 Å². The Morgan fingerprint density at radius 3 is 2.65 bits per heavy atom. The van der Waals surface area contributed by atoms with Gasteiger partial charge in [0.1, 0.15) is 0 Å². The Kier molecular flexibility index (Phi) is 4.78. The van der Waals surface area contributed by atoms with Gasteiger partial charge in [-0.15, -0.1) is 0 Å². The second-order valence-electron chi connectivity index (χ2n) is 7.63. The van der Waals surface area contributed by atoms with Crippen molar-refractivity contribution < 1.29 is 4.79 Å². The third-order valence-corrected chi connectivity index (χ3v) is 6.10. The van der Waals surface area contributed by atoms with Gasteiger partial charge in [-0.05, 0) is 42.9 Å². The first kappa shape index (κ1) is 15.8. The summed E-state index contributed by atoms with van der Waals surface area (Å²) in [5.41, 5.74) is 6.23. The molecule has 2 fully saturated rings. The molecule has 2 rings (SSSR count). The summed E-state index contributed by atoms with van der Waals surface area (Å²) < 4.78 is 0. The molecule has 116 valence electrons. The highest BCUT2D eigenvalue weighted by molar-refractivity contribution is 5.80. The molecule has 4 unspecified atom stereocenters. The number of amides is 1. The molecule has 3 nitrogen and oxygen atoms in total. The SMILES string of the molecule is CCCC1CCN(C(=O)C2CCC(N)C(C)C2(C)C)C1. The molecule has 2 aliphatic rings. The van der Waals surface area contributed by atoms with Gasteiger partial charge in [-0.2, -0.15) is 0 Å². The van der Waals surface area contributed by atoms with Gasteiger partial charge in [0.2, 0.25) is 5.91 Å². The maximum atomic E-state index is 12.9. The molecule has 1 aliphatic carbocycles. The van der Waals surface area contributed by atoms with Crippen molar-refractivity contribution in [2.75, 3.05) is 13.1 Å². The van der Waals surface area contributed by atoms with E-state index in [0.717, 1.165) is 31.8 Å². The largest absolute Gasteiger partial charge is 0.342 e. The number of carbonyl (C=O) groups is 1. The van der Waals surface area contributed by atoms with Gasteiger partial charge in [0, 0.05) is 25.0 Å². The summed E-state index contributed by atoms with van der Waals surface area (Å²) in [4.78, 5) is 15.0. The lowest BCUT2D eigenvalue weighted by molar-refractivity contribution is -0.142. The lowest BCUT2D eigenvalue weighted by atomic mass is 9.60. The van der Waals surface area contributed by atoms with Crippen LogP contribution in [0.2, 0.25) is 0 Å². The molecule has 1 saturated carbocycles. The Labute approximate surface area is 124 Å². The van der Waals surface area contributed by atoms with Gasteiger partial charge in [0.25, 0.3) is 0 Å². The number of hydrogen-bond acceptors (Lipinski definition) is 2. The smallest absolute Gasteiger partial charge is 0.226 e. The minimum absolute atomic E-state index is 0.0254. The van der Waals surface area contributed by atoms with Gasteiger partial charge in [-0.1, -0.05) is 34.1 Å². The fourth-order valence-electron chi connectivity index (χ4n) is 4.19. The second kappa shape index (κ2) is 6.05. The van der Waals surface area contributed by atoms with Crippen LogP contribution in [0.5, 0.6) is 0 Å². The maximum Gasteiger partial charge on any atom is 0.226 e. The zero-order valence-corrected chi connectivity index (χ0v) is 13.7. The summed E-state index contributed by atoms with van der Waals surface area (Å²) in [6, 6.07) is 0.250. The summed E-state index contributed by atoms with van der Waals surface area (Å²) >= 11 is 0. The van der Waals surface area contributed by atoms with Crippen molar-refractivity contribution in [1.82, 2.24) is 4.90 Å². The van der Waals surface area contributed by atoms with E-state index in [-0.39, 0.29) is 17.4 Å². The second-order valence-corrected chi connectivity index (χ2v) is 7.63. The maximum absolute atomic E-state index is 12.9. The van der Waals surface area contributed by atoms with Crippen LogP contribution in [0.4, 0.5) is 0 Å². The first-order valence-corrected chi connectivity index (χ1v) is 8.42. The van der Waals surface area contributed by atoms with E-state index in [4.69, 9.17) is 5.73 Å². The topological polar surface area (TPSA) is 46.3 Å². The first-order chi connectivity index (χ1) is 9.37. The standard InChI is InChI=1S/C17H32N2O/c1-5-6-13-9-10-19(11-13)16(20)14-7-8-15(18)12(2)17(14,3)4/h12-15H,5-11,18H2,1-4H3. The lowest BCUT2D eigenvalue weighted by Crippen LogP contribution is -2.52. The summed E-state index contributed by atoms with van der Waals surface area (Å²) in [6.45, 7) is 10.9. The molecular weight excluding hydrogens is 248 g/mol. The van der Waals surface area contributed by atoms with Gasteiger partial charge < -0.3 is 10.6 Å². The Balaban J connectivity index is 2.02. The molecule has 0 aromatic rings. The fraction of sp³-hybridized carbons (Fsp3) is 0.941. The van der Waals surface area contributed by atoms with Crippen LogP contribution >= 0.6 is 0 Å². The number of nitrogens with two attached hydrogens (primary N) is 1. The van der Waals surface area contributed by atoms with Crippen LogP contribution in [-0.4, -0.2) is 29.9 Å². The molecule has 1 heterocycles. The average molecular weight is 280 g/mol. The van der Waals surface area contributed by atoms with Gasteiger partial charge in [-0.25, -0.2) is 0 Å². The predicted molar refractivity (Wildman–Crippen MR) is 83.2 cm³/mol. The molecule has 2 N–H and O–H groups in total. The summed E-state index contributed by atoms with van der Waals surface area (Å²) in [6.07, 6.45) is 5.65. The monoisotopic (exact) mass is 280 g/mol. The zero-order chi connectivity index (χ0) is 14.9. The van der Waals surface area contributed by atoms with Crippen LogP contribution in [0.25, 0.3) is 0 Å². The molecule has 0 radical (unpaired) electrons. The van der Waals surface area contributed by atoms with Crippen LogP contribution in [0.1, 0.15) is 59.8 Å². The molecule has 1 aliphatic heterocycles. The minimum Gasteiger partial charge on any atom is -0.342 e. The molecule has 0 bridgehead atoms. The van der Waals surface area contributed by atoms with Crippen molar-refractivity contribution in [2.45, 2.75) is 65.8 Å². The molecule has 20 heavy (non-hydrogen) atoms. The number of hydrogen-bond donors (Lipinski definition) is 1. The molecule has 1 amide bonds. The number of likely N-dealkylation sites (tertiary alicyclic amines) is 1. The molecule has 4 atom stereocenters. The highest BCUT2D eigenvalue weighted by Crippen LogP contribution is 2.45. The average Bonchev–Trinajstić information content (AvgIpc) is 2.85. The highest BCUT2D eigenvalue weighted by atomic mass is 16.2. The van der Waals surface area contributed by atoms with Crippen molar-refractivity contribution in [3.05, 3.63) is 0 Å². The summed E-state index contributed by atoms with van der Waals surface area (Å²) in [5, 5.41) is 0. The summed E-state index contributed by atoms with van der Waals surface area (Å²) in [7, 11) is 0. The number of carbonyl (C=O) groups excluding carboxylic acids is 1. The van der Waals surface area contributed by atoms with E-state index in [9.17, 15) is 4.79 Å². The summed E-state index contributed by atoms with van der Waals surface area (Å²) in [5.74, 6) is 1.71. The van der Waals surface area contributed by atoms with Gasteiger partial charge in [0.05, 0.1) is 0 Å². The molecular formula is C17H32N2O. The van der Waals surface area contributed by atoms with E-state index in [2.05, 4.69) is 32.6 Å². The van der Waals surface area contributed by atoms with Gasteiger partial charge in [0.15, 0.2) is 0 Å². The fourth-order valence-corrected chi connectivity index (χ4v) is 4.19. The normalized spacial score (nSPS) is 37.1. The highest BCUT2D eigenvalue weighted by Gasteiger charge is 2.46. The number of nitrogens with zero attached hydrogens (tertiary/aromatic N) is 1. The molecule has 3 heteroatoms. The van der Waals surface area contributed by atoms with E-state index in [0.29, 0.717) is 11.8 Å². The van der Waals surface area contributed by atoms with Crippen LogP contribution in [0.15, 0.2) is 0 Å². The van der Waals surface area contributed by atoms with E-state index >= 15 is 0 Å². The third-order valence-electron chi connectivity index (χ3n) is 6.10. The molecule has 1 saturated heterocycles. The zero-order valence-electron chi connectivity index (χ0n) is 13.7.